The predicted molar refractivity (Wildman–Crippen MR) is 111 cm³/mol. The van der Waals surface area contributed by atoms with Crippen molar-refractivity contribution in [3.8, 4) is 0 Å². The highest BCUT2D eigenvalue weighted by Crippen LogP contribution is 2.22. The molecule has 3 aliphatic rings. The van der Waals surface area contributed by atoms with Crippen LogP contribution < -0.4 is 15.1 Å². The number of nitrogens with one attached hydrogen (secondary N) is 1. The zero-order chi connectivity index (χ0) is 19.2. The van der Waals surface area contributed by atoms with E-state index in [1.807, 2.05) is 4.90 Å². The van der Waals surface area contributed by atoms with E-state index >= 15 is 0 Å². The molecule has 0 saturated carbocycles. The van der Waals surface area contributed by atoms with Crippen LogP contribution in [0.2, 0.25) is 0 Å². The molecule has 154 valence electrons. The van der Waals surface area contributed by atoms with E-state index in [2.05, 4.69) is 15.1 Å². The first-order valence-electron chi connectivity index (χ1n) is 11.1. The average molecular weight is 388 g/mol. The molecule has 0 bridgehead atoms. The molecule has 3 fully saturated rings. The number of hydrogen-bond acceptors (Lipinski definition) is 7. The summed E-state index contributed by atoms with van der Waals surface area (Å²) in [5, 5.41) is 3.39. The second-order valence-corrected chi connectivity index (χ2v) is 8.12. The van der Waals surface area contributed by atoms with Crippen LogP contribution in [0.25, 0.3) is 0 Å². The van der Waals surface area contributed by atoms with E-state index < -0.39 is 0 Å². The number of nitrogens with zero attached hydrogens (tertiary/aromatic N) is 6. The Labute approximate surface area is 167 Å². The summed E-state index contributed by atoms with van der Waals surface area (Å²) >= 11 is 0. The van der Waals surface area contributed by atoms with Gasteiger partial charge >= 0.3 is 0 Å². The lowest BCUT2D eigenvalue weighted by Crippen LogP contribution is -2.34. The minimum Gasteiger partial charge on any atom is -0.354 e. The highest BCUT2D eigenvalue weighted by atomic mass is 16.2. The minimum absolute atomic E-state index is 0.292. The summed E-state index contributed by atoms with van der Waals surface area (Å²) in [7, 11) is 0. The SMILES string of the molecule is O=C1CCCN1CCCNc1nc(N2CCCCC2)nc(N2CCCCC2)n1. The zero-order valence-corrected chi connectivity index (χ0v) is 16.9. The van der Waals surface area contributed by atoms with Crippen LogP contribution in [0.1, 0.15) is 57.8 Å². The van der Waals surface area contributed by atoms with Gasteiger partial charge in [-0.1, -0.05) is 0 Å². The predicted octanol–water partition coefficient (Wildman–Crippen LogP) is 2.28. The molecule has 4 heterocycles. The molecule has 1 aromatic rings. The summed E-state index contributed by atoms with van der Waals surface area (Å²) < 4.78 is 0. The number of piperidine rings is 2. The molecule has 0 atom stereocenters. The molecule has 4 rings (SSSR count). The second kappa shape index (κ2) is 9.39. The van der Waals surface area contributed by atoms with Gasteiger partial charge in [0.25, 0.3) is 0 Å². The molecule has 8 heteroatoms. The van der Waals surface area contributed by atoms with Crippen LogP contribution in [0.3, 0.4) is 0 Å². The fourth-order valence-corrected chi connectivity index (χ4v) is 4.31. The lowest BCUT2D eigenvalue weighted by Gasteiger charge is -2.30. The topological polar surface area (TPSA) is 77.5 Å². The summed E-state index contributed by atoms with van der Waals surface area (Å²) in [6, 6.07) is 0. The van der Waals surface area contributed by atoms with Crippen molar-refractivity contribution in [1.82, 2.24) is 19.9 Å². The van der Waals surface area contributed by atoms with Gasteiger partial charge in [-0.25, -0.2) is 0 Å². The third kappa shape index (κ3) is 4.83. The molecule has 8 nitrogen and oxygen atoms in total. The van der Waals surface area contributed by atoms with E-state index in [1.165, 1.54) is 38.5 Å². The van der Waals surface area contributed by atoms with Crippen LogP contribution in [0.15, 0.2) is 0 Å². The highest BCUT2D eigenvalue weighted by molar-refractivity contribution is 5.78. The third-order valence-corrected chi connectivity index (χ3v) is 5.95. The summed E-state index contributed by atoms with van der Waals surface area (Å²) in [6.07, 6.45) is 10.0. The standard InChI is InChI=1S/C20H33N7O/c28-17-9-7-15-25(17)16-8-10-21-18-22-19(26-11-3-1-4-12-26)24-20(23-18)27-13-5-2-6-14-27/h1-16H2,(H,21,22,23,24). The van der Waals surface area contributed by atoms with Crippen molar-refractivity contribution in [3.05, 3.63) is 0 Å². The van der Waals surface area contributed by atoms with Crippen molar-refractivity contribution in [1.29, 1.82) is 0 Å². The van der Waals surface area contributed by atoms with Crippen LogP contribution in [0.5, 0.6) is 0 Å². The summed E-state index contributed by atoms with van der Waals surface area (Å²) in [5.74, 6) is 2.59. The molecule has 0 radical (unpaired) electrons. The average Bonchev–Trinajstić information content (AvgIpc) is 3.17. The molecule has 28 heavy (non-hydrogen) atoms. The van der Waals surface area contributed by atoms with E-state index in [0.29, 0.717) is 18.3 Å². The first-order chi connectivity index (χ1) is 13.8. The molecular weight excluding hydrogens is 354 g/mol. The normalized spacial score (nSPS) is 20.7. The van der Waals surface area contributed by atoms with E-state index in [-0.39, 0.29) is 0 Å². The number of carbonyl (C=O) groups is 1. The molecule has 3 aliphatic heterocycles. The fourth-order valence-electron chi connectivity index (χ4n) is 4.31. The van der Waals surface area contributed by atoms with Gasteiger partial charge in [0.1, 0.15) is 0 Å². The minimum atomic E-state index is 0.292. The van der Waals surface area contributed by atoms with Crippen LogP contribution in [-0.4, -0.2) is 71.6 Å². The molecular formula is C20H33N7O. The van der Waals surface area contributed by atoms with E-state index in [4.69, 9.17) is 15.0 Å². The molecule has 0 spiro atoms. The number of anilines is 3. The van der Waals surface area contributed by atoms with Crippen LogP contribution in [0.4, 0.5) is 17.8 Å². The van der Waals surface area contributed by atoms with Gasteiger partial charge in [-0.3, -0.25) is 4.79 Å². The van der Waals surface area contributed by atoms with Crippen molar-refractivity contribution >= 4 is 23.8 Å². The second-order valence-electron chi connectivity index (χ2n) is 8.12. The molecule has 0 unspecified atom stereocenters. The van der Waals surface area contributed by atoms with Gasteiger partial charge in [-0.15, -0.1) is 0 Å². The van der Waals surface area contributed by atoms with Gasteiger partial charge in [-0.2, -0.15) is 15.0 Å². The van der Waals surface area contributed by atoms with Crippen molar-refractivity contribution in [2.75, 3.05) is 60.9 Å². The maximum absolute atomic E-state index is 11.7. The monoisotopic (exact) mass is 387 g/mol. The molecule has 3 saturated heterocycles. The largest absolute Gasteiger partial charge is 0.354 e. The smallest absolute Gasteiger partial charge is 0.231 e. The van der Waals surface area contributed by atoms with Crippen molar-refractivity contribution < 1.29 is 4.79 Å². The zero-order valence-electron chi connectivity index (χ0n) is 16.9. The quantitative estimate of drug-likeness (QED) is 0.719. The number of likely N-dealkylation sites (tertiary alicyclic amines) is 1. The van der Waals surface area contributed by atoms with Crippen molar-refractivity contribution in [2.45, 2.75) is 57.8 Å². The Kier molecular flexibility index (Phi) is 6.44. The van der Waals surface area contributed by atoms with Crippen LogP contribution in [-0.2, 0) is 4.79 Å². The van der Waals surface area contributed by atoms with E-state index in [0.717, 1.165) is 70.6 Å². The van der Waals surface area contributed by atoms with E-state index in [9.17, 15) is 4.79 Å². The fraction of sp³-hybridized carbons (Fsp3) is 0.800. The van der Waals surface area contributed by atoms with E-state index in [1.54, 1.807) is 0 Å². The Balaban J connectivity index is 1.41. The molecule has 1 N–H and O–H groups in total. The van der Waals surface area contributed by atoms with Gasteiger partial charge < -0.3 is 20.0 Å². The first-order valence-corrected chi connectivity index (χ1v) is 11.1. The van der Waals surface area contributed by atoms with Crippen molar-refractivity contribution in [2.24, 2.45) is 0 Å². The number of amides is 1. The van der Waals surface area contributed by atoms with Gasteiger partial charge in [0.2, 0.25) is 23.8 Å². The number of carbonyl (C=O) groups excluding carboxylic acids is 1. The highest BCUT2D eigenvalue weighted by Gasteiger charge is 2.21. The Bertz CT molecular complexity index is 620. The summed E-state index contributed by atoms with van der Waals surface area (Å²) in [4.78, 5) is 32.6. The lowest BCUT2D eigenvalue weighted by molar-refractivity contribution is -0.127. The number of aromatic nitrogens is 3. The maximum Gasteiger partial charge on any atom is 0.231 e. The molecule has 0 aliphatic carbocycles. The van der Waals surface area contributed by atoms with Gasteiger partial charge in [0.05, 0.1) is 0 Å². The molecule has 0 aromatic carbocycles. The lowest BCUT2D eigenvalue weighted by atomic mass is 10.1. The molecule has 1 amide bonds. The Morgan fingerprint density at radius 2 is 1.36 bits per heavy atom. The third-order valence-electron chi connectivity index (χ3n) is 5.95. The van der Waals surface area contributed by atoms with Gasteiger partial charge in [0.15, 0.2) is 0 Å². The maximum atomic E-state index is 11.7. The Morgan fingerprint density at radius 3 is 1.89 bits per heavy atom. The van der Waals surface area contributed by atoms with Crippen LogP contribution in [0, 0.1) is 0 Å². The number of hydrogen-bond donors (Lipinski definition) is 1. The van der Waals surface area contributed by atoms with Crippen molar-refractivity contribution in [3.63, 3.8) is 0 Å². The summed E-state index contributed by atoms with van der Waals surface area (Å²) in [6.45, 7) is 6.60. The molecule has 1 aromatic heterocycles. The Morgan fingerprint density at radius 1 is 0.750 bits per heavy atom. The first kappa shape index (κ1) is 19.2. The van der Waals surface area contributed by atoms with Gasteiger partial charge in [0, 0.05) is 52.2 Å². The Hall–Kier alpha value is -2.12. The number of rotatable bonds is 7. The summed E-state index contributed by atoms with van der Waals surface area (Å²) in [5.41, 5.74) is 0. The van der Waals surface area contributed by atoms with Crippen LogP contribution >= 0.6 is 0 Å². The van der Waals surface area contributed by atoms with Gasteiger partial charge in [-0.05, 0) is 51.4 Å².